The van der Waals surface area contributed by atoms with Gasteiger partial charge in [0.15, 0.2) is 0 Å². The summed E-state index contributed by atoms with van der Waals surface area (Å²) in [5, 5.41) is 18.5. The summed E-state index contributed by atoms with van der Waals surface area (Å²) in [6, 6.07) is 7.66. The Kier molecular flexibility index (Phi) is 14.4. The van der Waals surface area contributed by atoms with E-state index in [0.29, 0.717) is 23.1 Å². The van der Waals surface area contributed by atoms with Crippen molar-refractivity contribution in [1.82, 2.24) is 0 Å². The van der Waals surface area contributed by atoms with E-state index in [1.807, 2.05) is 65.8 Å². The van der Waals surface area contributed by atoms with Gasteiger partial charge in [0.05, 0.1) is 0 Å². The predicted octanol–water partition coefficient (Wildman–Crippen LogP) is 6.91. The number of ether oxygens (including phenoxy) is 1. The number of carbonyl (C=O) groups excluding carboxylic acids is 2. The van der Waals surface area contributed by atoms with Gasteiger partial charge in [0, 0.05) is 18.8 Å². The maximum Gasteiger partial charge on any atom is 0.385 e. The average Bonchev–Trinajstić information content (AvgIpc) is 2.83. The maximum atomic E-state index is 12.5. The van der Waals surface area contributed by atoms with Crippen molar-refractivity contribution >= 4 is 11.8 Å². The molecule has 5 nitrogen and oxygen atoms in total. The maximum absolute atomic E-state index is 12.5. The molecule has 2 atom stereocenters. The predicted molar refractivity (Wildman–Crippen MR) is 151 cm³/mol. The molecule has 0 saturated carbocycles. The first-order chi connectivity index (χ1) is 17.5. The highest BCUT2D eigenvalue weighted by molar-refractivity contribution is 6.41. The first-order valence-electron chi connectivity index (χ1n) is 13.6. The molecule has 0 aliphatic rings. The van der Waals surface area contributed by atoms with Crippen LogP contribution in [-0.2, 0) is 4.79 Å². The minimum absolute atomic E-state index is 0.231. The van der Waals surface area contributed by atoms with E-state index in [1.165, 1.54) is 12.8 Å². The normalized spacial score (nSPS) is 12.4. The molecule has 0 aliphatic heterocycles. The van der Waals surface area contributed by atoms with Crippen LogP contribution in [0, 0.1) is 53.4 Å². The quantitative estimate of drug-likeness (QED) is 0.140. The van der Waals surface area contributed by atoms with Gasteiger partial charge in [-0.1, -0.05) is 74.9 Å². The van der Waals surface area contributed by atoms with Crippen molar-refractivity contribution in [2.45, 2.75) is 93.9 Å². The standard InChI is InChI=1S/C20H22O3.C12H26O2/c1-11-7-13(3)17(14(4)8-11)18(21)20(22)23-19-15(5)9-12(2)10-16(19)6;1-3-5-7-11(9-13)12(10-14)8-6-4-2/h7-10H,1-6H3;11-14H,3-10H2,1-2H3. The Morgan fingerprint density at radius 1 is 0.703 bits per heavy atom. The fourth-order valence-electron chi connectivity index (χ4n) is 4.99. The molecule has 2 N–H and O–H groups in total. The van der Waals surface area contributed by atoms with E-state index in [1.54, 1.807) is 0 Å². The highest BCUT2D eigenvalue weighted by atomic mass is 16.5. The number of aliphatic hydroxyl groups is 2. The van der Waals surface area contributed by atoms with Gasteiger partial charge < -0.3 is 14.9 Å². The second-order valence-corrected chi connectivity index (χ2v) is 10.4. The molecule has 0 aromatic heterocycles. The molecule has 5 heteroatoms. The zero-order chi connectivity index (χ0) is 28.1. The van der Waals surface area contributed by atoms with Crippen molar-refractivity contribution in [3.63, 3.8) is 0 Å². The summed E-state index contributed by atoms with van der Waals surface area (Å²) in [5.41, 5.74) is 5.88. The average molecular weight is 513 g/mol. The monoisotopic (exact) mass is 512 g/mol. The molecule has 2 aromatic carbocycles. The van der Waals surface area contributed by atoms with Crippen LogP contribution in [0.15, 0.2) is 24.3 Å². The number of unbranched alkanes of at least 4 members (excludes halogenated alkanes) is 2. The number of aryl methyl sites for hydroxylation is 6. The Hall–Kier alpha value is -2.50. The Labute approximate surface area is 224 Å². The number of hydrogen-bond donors (Lipinski definition) is 2. The highest BCUT2D eigenvalue weighted by Gasteiger charge is 2.24. The third-order valence-electron chi connectivity index (χ3n) is 6.88. The number of Topliss-reactive ketones (excluding diaryl/α,β-unsaturated/α-hetero) is 1. The number of esters is 1. The molecule has 0 heterocycles. The molecule has 2 unspecified atom stereocenters. The van der Waals surface area contributed by atoms with E-state index < -0.39 is 11.8 Å². The van der Waals surface area contributed by atoms with Crippen LogP contribution in [0.25, 0.3) is 0 Å². The van der Waals surface area contributed by atoms with Crippen molar-refractivity contribution in [2.75, 3.05) is 13.2 Å². The Morgan fingerprint density at radius 2 is 1.08 bits per heavy atom. The lowest BCUT2D eigenvalue weighted by Crippen LogP contribution is -2.23. The number of ketones is 1. The molecule has 2 aromatic rings. The first-order valence-corrected chi connectivity index (χ1v) is 13.6. The lowest BCUT2D eigenvalue weighted by atomic mass is 9.85. The number of benzene rings is 2. The third kappa shape index (κ3) is 10.1. The van der Waals surface area contributed by atoms with Gasteiger partial charge in [0.25, 0.3) is 5.78 Å². The number of carbonyl (C=O) groups is 2. The summed E-state index contributed by atoms with van der Waals surface area (Å²) < 4.78 is 5.40. The Balaban J connectivity index is 0.000000422. The summed E-state index contributed by atoms with van der Waals surface area (Å²) in [6.07, 6.45) is 6.77. The second-order valence-electron chi connectivity index (χ2n) is 10.4. The van der Waals surface area contributed by atoms with Gasteiger partial charge >= 0.3 is 5.97 Å². The molecule has 206 valence electrons. The van der Waals surface area contributed by atoms with E-state index >= 15 is 0 Å². The Bertz CT molecular complexity index is 964. The first kappa shape index (κ1) is 32.5. The van der Waals surface area contributed by atoms with Crippen LogP contribution in [0.2, 0.25) is 0 Å². The third-order valence-corrected chi connectivity index (χ3v) is 6.88. The van der Waals surface area contributed by atoms with E-state index in [9.17, 15) is 19.8 Å². The fraction of sp³-hybridized carbons (Fsp3) is 0.562. The zero-order valence-electron chi connectivity index (χ0n) is 24.2. The molecule has 0 saturated heterocycles. The second kappa shape index (κ2) is 16.4. The van der Waals surface area contributed by atoms with Gasteiger partial charge in [-0.05, 0) is 88.5 Å². The van der Waals surface area contributed by atoms with Gasteiger partial charge in [-0.15, -0.1) is 0 Å². The van der Waals surface area contributed by atoms with E-state index in [0.717, 1.165) is 59.1 Å². The SMILES string of the molecule is CCCCC(CO)C(CO)CCCC.Cc1cc(C)c(OC(=O)C(=O)c2c(C)cc(C)cc2C)c(C)c1. The molecule has 0 amide bonds. The van der Waals surface area contributed by atoms with Crippen molar-refractivity contribution in [3.8, 4) is 5.75 Å². The summed E-state index contributed by atoms with van der Waals surface area (Å²) >= 11 is 0. The van der Waals surface area contributed by atoms with Gasteiger partial charge in [-0.2, -0.15) is 0 Å². The molecule has 37 heavy (non-hydrogen) atoms. The molecule has 0 bridgehead atoms. The smallest absolute Gasteiger partial charge is 0.385 e. The largest absolute Gasteiger partial charge is 0.420 e. The van der Waals surface area contributed by atoms with Gasteiger partial charge in [-0.25, -0.2) is 4.79 Å². The van der Waals surface area contributed by atoms with Crippen molar-refractivity contribution in [3.05, 3.63) is 63.2 Å². The molecular weight excluding hydrogens is 464 g/mol. The topological polar surface area (TPSA) is 83.8 Å². The van der Waals surface area contributed by atoms with Crippen LogP contribution in [0.3, 0.4) is 0 Å². The van der Waals surface area contributed by atoms with E-state index in [4.69, 9.17) is 4.74 Å². The van der Waals surface area contributed by atoms with E-state index in [2.05, 4.69) is 13.8 Å². The molecular formula is C32H48O5. The van der Waals surface area contributed by atoms with Crippen LogP contribution in [0.1, 0.15) is 96.1 Å². The molecule has 0 aliphatic carbocycles. The van der Waals surface area contributed by atoms with Gasteiger partial charge in [0.1, 0.15) is 5.75 Å². The summed E-state index contributed by atoms with van der Waals surface area (Å²) in [5.74, 6) is -0.344. The highest BCUT2D eigenvalue weighted by Crippen LogP contribution is 2.26. The van der Waals surface area contributed by atoms with Crippen molar-refractivity contribution in [2.24, 2.45) is 11.8 Å². The van der Waals surface area contributed by atoms with Crippen LogP contribution < -0.4 is 4.74 Å². The molecule has 0 fully saturated rings. The lowest BCUT2D eigenvalue weighted by Gasteiger charge is -2.23. The summed E-state index contributed by atoms with van der Waals surface area (Å²) in [6.45, 7) is 16.1. The van der Waals surface area contributed by atoms with Crippen LogP contribution >= 0.6 is 0 Å². The Morgan fingerprint density at radius 3 is 1.43 bits per heavy atom. The zero-order valence-corrected chi connectivity index (χ0v) is 24.2. The lowest BCUT2D eigenvalue weighted by molar-refractivity contribution is -0.129. The molecule has 0 radical (unpaired) electrons. The minimum Gasteiger partial charge on any atom is -0.420 e. The molecule has 0 spiro atoms. The number of hydrogen-bond acceptors (Lipinski definition) is 5. The van der Waals surface area contributed by atoms with Crippen molar-refractivity contribution in [1.29, 1.82) is 0 Å². The minimum atomic E-state index is -0.838. The van der Waals surface area contributed by atoms with Crippen LogP contribution in [0.5, 0.6) is 5.75 Å². The van der Waals surface area contributed by atoms with Crippen LogP contribution in [0.4, 0.5) is 0 Å². The molecule has 2 rings (SSSR count). The van der Waals surface area contributed by atoms with E-state index in [-0.39, 0.29) is 13.2 Å². The summed E-state index contributed by atoms with van der Waals surface area (Å²) in [4.78, 5) is 24.8. The number of aliphatic hydroxyl groups excluding tert-OH is 2. The van der Waals surface area contributed by atoms with Crippen molar-refractivity contribution < 1.29 is 24.5 Å². The fourth-order valence-corrected chi connectivity index (χ4v) is 4.99. The van der Waals surface area contributed by atoms with Gasteiger partial charge in [0.2, 0.25) is 0 Å². The number of rotatable bonds is 12. The van der Waals surface area contributed by atoms with Gasteiger partial charge in [-0.3, -0.25) is 4.79 Å². The summed E-state index contributed by atoms with van der Waals surface area (Å²) in [7, 11) is 0. The van der Waals surface area contributed by atoms with Crippen LogP contribution in [-0.4, -0.2) is 35.2 Å².